The Hall–Kier alpha value is -2.03. The van der Waals surface area contributed by atoms with E-state index in [0.29, 0.717) is 13.0 Å². The van der Waals surface area contributed by atoms with Crippen LogP contribution in [0.1, 0.15) is 42.2 Å². The van der Waals surface area contributed by atoms with Crippen molar-refractivity contribution in [2.45, 2.75) is 36.1 Å². The Kier molecular flexibility index (Phi) is 7.91. The number of amides is 1. The smallest absolute Gasteiger partial charge is 0.251 e. The van der Waals surface area contributed by atoms with Crippen LogP contribution in [0.3, 0.4) is 0 Å². The molecule has 6 nitrogen and oxygen atoms in total. The lowest BCUT2D eigenvalue weighted by Crippen LogP contribution is -2.28. The molecule has 0 heterocycles. The van der Waals surface area contributed by atoms with E-state index in [4.69, 9.17) is 4.74 Å². The number of rotatable bonds is 9. The zero-order valence-corrected chi connectivity index (χ0v) is 18.1. The van der Waals surface area contributed by atoms with Gasteiger partial charge in [-0.05, 0) is 55.5 Å². The van der Waals surface area contributed by atoms with Gasteiger partial charge >= 0.3 is 0 Å². The highest BCUT2D eigenvalue weighted by Crippen LogP contribution is 2.25. The Labute approximate surface area is 171 Å². The van der Waals surface area contributed by atoms with Crippen molar-refractivity contribution in [2.24, 2.45) is 0 Å². The minimum Gasteiger partial charge on any atom is -0.495 e. The molecule has 0 aliphatic heterocycles. The van der Waals surface area contributed by atoms with Crippen LogP contribution >= 0.6 is 11.8 Å². The maximum Gasteiger partial charge on any atom is 0.251 e. The van der Waals surface area contributed by atoms with E-state index in [-0.39, 0.29) is 28.2 Å². The largest absolute Gasteiger partial charge is 0.495 e. The average molecular weight is 423 g/mol. The van der Waals surface area contributed by atoms with E-state index in [1.807, 2.05) is 44.4 Å². The van der Waals surface area contributed by atoms with Crippen LogP contribution in [-0.4, -0.2) is 34.2 Å². The number of carbonyl (C=O) groups excluding carboxylic acids is 1. The fourth-order valence-corrected chi connectivity index (χ4v) is 4.33. The van der Waals surface area contributed by atoms with Gasteiger partial charge in [-0.25, -0.2) is 13.1 Å². The summed E-state index contributed by atoms with van der Waals surface area (Å²) in [6, 6.07) is 12.1. The summed E-state index contributed by atoms with van der Waals surface area (Å²) in [7, 11) is -2.37. The number of ether oxygens (including phenoxy) is 1. The Bertz CT molecular complexity index is 912. The molecule has 8 heteroatoms. The van der Waals surface area contributed by atoms with Crippen molar-refractivity contribution in [1.82, 2.24) is 10.0 Å². The molecule has 2 N–H and O–H groups in total. The molecule has 0 aromatic heterocycles. The van der Waals surface area contributed by atoms with Crippen LogP contribution in [-0.2, 0) is 10.0 Å². The van der Waals surface area contributed by atoms with E-state index in [2.05, 4.69) is 10.0 Å². The monoisotopic (exact) mass is 422 g/mol. The normalized spacial score (nSPS) is 12.4. The predicted octanol–water partition coefficient (Wildman–Crippen LogP) is 3.60. The number of nitrogens with one attached hydrogen (secondary N) is 2. The predicted molar refractivity (Wildman–Crippen MR) is 113 cm³/mol. The molecule has 1 atom stereocenters. The highest BCUT2D eigenvalue weighted by atomic mass is 32.2. The summed E-state index contributed by atoms with van der Waals surface area (Å²) in [6.07, 6.45) is 2.67. The van der Waals surface area contributed by atoms with Gasteiger partial charge in [0, 0.05) is 17.0 Å². The SMILES string of the molecule is CCCNS(=O)(=O)c1cc(C(=O)N[C@H](C)c2ccc(SC)cc2)ccc1OC. The van der Waals surface area contributed by atoms with Gasteiger partial charge in [0.05, 0.1) is 13.2 Å². The van der Waals surface area contributed by atoms with Crippen LogP contribution in [0.4, 0.5) is 0 Å². The van der Waals surface area contributed by atoms with Crippen molar-refractivity contribution in [2.75, 3.05) is 19.9 Å². The molecule has 0 fully saturated rings. The third-order valence-corrected chi connectivity index (χ3v) is 6.45. The van der Waals surface area contributed by atoms with Crippen molar-refractivity contribution in [3.63, 3.8) is 0 Å². The molecule has 1 amide bonds. The molecule has 0 unspecified atom stereocenters. The van der Waals surface area contributed by atoms with Gasteiger partial charge in [0.2, 0.25) is 10.0 Å². The zero-order chi connectivity index (χ0) is 20.7. The number of hydrogen-bond acceptors (Lipinski definition) is 5. The summed E-state index contributed by atoms with van der Waals surface area (Å²) in [5.41, 5.74) is 1.22. The second kappa shape index (κ2) is 9.95. The molecular formula is C20H26N2O4S2. The Morgan fingerprint density at radius 1 is 1.18 bits per heavy atom. The maximum absolute atomic E-state index is 12.7. The van der Waals surface area contributed by atoms with Crippen LogP contribution in [0.25, 0.3) is 0 Å². The van der Waals surface area contributed by atoms with E-state index in [9.17, 15) is 13.2 Å². The van der Waals surface area contributed by atoms with E-state index < -0.39 is 10.0 Å². The first-order chi connectivity index (χ1) is 13.3. The van der Waals surface area contributed by atoms with Gasteiger partial charge in [0.1, 0.15) is 10.6 Å². The van der Waals surface area contributed by atoms with Crippen molar-refractivity contribution >= 4 is 27.7 Å². The minimum atomic E-state index is -3.77. The molecule has 2 aromatic carbocycles. The fraction of sp³-hybridized carbons (Fsp3) is 0.350. The third kappa shape index (κ3) is 5.50. The second-order valence-electron chi connectivity index (χ2n) is 6.23. The van der Waals surface area contributed by atoms with Crippen molar-refractivity contribution < 1.29 is 17.9 Å². The first-order valence-electron chi connectivity index (χ1n) is 8.95. The fourth-order valence-electron chi connectivity index (χ4n) is 2.60. The molecule has 2 rings (SSSR count). The summed E-state index contributed by atoms with van der Waals surface area (Å²) in [4.78, 5) is 13.8. The lowest BCUT2D eigenvalue weighted by Gasteiger charge is -2.16. The standard InChI is InChI=1S/C20H26N2O4S2/c1-5-12-21-28(24,25)19-13-16(8-11-18(19)26-3)20(23)22-14(2)15-6-9-17(27-4)10-7-15/h6-11,13-14,21H,5,12H2,1-4H3,(H,22,23)/t14-/m1/s1. The van der Waals surface area contributed by atoms with Gasteiger partial charge in [-0.2, -0.15) is 0 Å². The lowest BCUT2D eigenvalue weighted by atomic mass is 10.1. The van der Waals surface area contributed by atoms with Crippen LogP contribution in [0.5, 0.6) is 5.75 Å². The maximum atomic E-state index is 12.7. The van der Waals surface area contributed by atoms with Gasteiger partial charge in [0.25, 0.3) is 5.91 Å². The van der Waals surface area contributed by atoms with E-state index in [1.54, 1.807) is 17.8 Å². The Balaban J connectivity index is 2.24. The first kappa shape index (κ1) is 22.3. The van der Waals surface area contributed by atoms with Crippen molar-refractivity contribution in [3.05, 3.63) is 53.6 Å². The molecule has 0 spiro atoms. The van der Waals surface area contributed by atoms with Crippen molar-refractivity contribution in [3.8, 4) is 5.75 Å². The zero-order valence-electron chi connectivity index (χ0n) is 16.5. The Morgan fingerprint density at radius 2 is 1.86 bits per heavy atom. The molecule has 152 valence electrons. The van der Waals surface area contributed by atoms with Crippen LogP contribution in [0.2, 0.25) is 0 Å². The molecule has 2 aromatic rings. The van der Waals surface area contributed by atoms with Gasteiger partial charge in [-0.1, -0.05) is 19.1 Å². The quantitative estimate of drug-likeness (QED) is 0.603. The molecule has 0 aliphatic carbocycles. The number of methoxy groups -OCH3 is 1. The summed E-state index contributed by atoms with van der Waals surface area (Å²) in [6.45, 7) is 4.07. The van der Waals surface area contributed by atoms with Gasteiger partial charge in [-0.15, -0.1) is 11.8 Å². The summed E-state index contributed by atoms with van der Waals surface area (Å²) in [5, 5.41) is 2.91. The van der Waals surface area contributed by atoms with Gasteiger partial charge in [0.15, 0.2) is 0 Å². The van der Waals surface area contributed by atoms with Crippen LogP contribution in [0, 0.1) is 0 Å². The molecule has 0 radical (unpaired) electrons. The number of benzene rings is 2. The van der Waals surface area contributed by atoms with Gasteiger partial charge in [-0.3, -0.25) is 4.79 Å². The molecule has 0 saturated carbocycles. The number of hydrogen-bond donors (Lipinski definition) is 2. The topological polar surface area (TPSA) is 84.5 Å². The number of thioether (sulfide) groups is 1. The molecule has 0 bridgehead atoms. The lowest BCUT2D eigenvalue weighted by molar-refractivity contribution is 0.0939. The number of sulfonamides is 1. The minimum absolute atomic E-state index is 0.0481. The Morgan fingerprint density at radius 3 is 2.43 bits per heavy atom. The summed E-state index contributed by atoms with van der Waals surface area (Å²) >= 11 is 1.65. The first-order valence-corrected chi connectivity index (χ1v) is 11.7. The van der Waals surface area contributed by atoms with E-state index in [0.717, 1.165) is 10.5 Å². The third-order valence-electron chi connectivity index (χ3n) is 4.22. The average Bonchev–Trinajstić information content (AvgIpc) is 2.71. The van der Waals surface area contributed by atoms with Gasteiger partial charge < -0.3 is 10.1 Å². The molecule has 0 saturated heterocycles. The summed E-state index contributed by atoms with van der Waals surface area (Å²) in [5.74, 6) is -0.156. The second-order valence-corrected chi connectivity index (χ2v) is 8.85. The highest BCUT2D eigenvalue weighted by molar-refractivity contribution is 7.98. The summed E-state index contributed by atoms with van der Waals surface area (Å²) < 4.78 is 32.7. The number of carbonyl (C=O) groups is 1. The molecule has 0 aliphatic rings. The van der Waals surface area contributed by atoms with Crippen LogP contribution < -0.4 is 14.8 Å². The van der Waals surface area contributed by atoms with E-state index in [1.165, 1.54) is 19.2 Å². The molecular weight excluding hydrogens is 396 g/mol. The highest BCUT2D eigenvalue weighted by Gasteiger charge is 2.22. The molecule has 28 heavy (non-hydrogen) atoms. The van der Waals surface area contributed by atoms with Crippen molar-refractivity contribution in [1.29, 1.82) is 0 Å². The van der Waals surface area contributed by atoms with E-state index >= 15 is 0 Å². The van der Waals surface area contributed by atoms with Crippen LogP contribution in [0.15, 0.2) is 52.3 Å².